The largest absolute Gasteiger partial charge is 0.349 e. The number of hydrogen-bond acceptors (Lipinski definition) is 5. The van der Waals surface area contributed by atoms with Crippen LogP contribution in [0.15, 0.2) is 24.4 Å². The zero-order valence-corrected chi connectivity index (χ0v) is 14.7. The summed E-state index contributed by atoms with van der Waals surface area (Å²) in [5.41, 5.74) is 1.98. The average molecular weight is 350 g/mol. The van der Waals surface area contributed by atoms with Crippen molar-refractivity contribution in [3.63, 3.8) is 0 Å². The van der Waals surface area contributed by atoms with Gasteiger partial charge in [-0.2, -0.15) is 0 Å². The molecule has 1 aliphatic rings. The lowest BCUT2D eigenvalue weighted by Crippen LogP contribution is -2.44. The van der Waals surface area contributed by atoms with E-state index in [0.717, 1.165) is 11.0 Å². The first-order valence-corrected chi connectivity index (χ1v) is 9.78. The van der Waals surface area contributed by atoms with Crippen LogP contribution in [0.5, 0.6) is 0 Å². The van der Waals surface area contributed by atoms with Gasteiger partial charge in [0, 0.05) is 25.3 Å². The van der Waals surface area contributed by atoms with E-state index in [1.54, 1.807) is 23.2 Å². The number of sulfone groups is 1. The van der Waals surface area contributed by atoms with Crippen LogP contribution in [-0.4, -0.2) is 78.8 Å². The summed E-state index contributed by atoms with van der Waals surface area (Å²) >= 11 is 0. The number of nitrogens with one attached hydrogen (secondary N) is 1. The summed E-state index contributed by atoms with van der Waals surface area (Å²) in [6.07, 6.45) is 2.18. The molecule has 130 valence electrons. The summed E-state index contributed by atoms with van der Waals surface area (Å²) in [5.74, 6) is 0.0273. The molecule has 0 spiro atoms. The number of carbonyl (C=O) groups excluding carboxylic acids is 1. The number of carbonyl (C=O) groups is 1. The molecule has 0 aliphatic carbocycles. The Morgan fingerprint density at radius 2 is 2.17 bits per heavy atom. The minimum atomic E-state index is -3.05. The van der Waals surface area contributed by atoms with E-state index < -0.39 is 9.84 Å². The van der Waals surface area contributed by atoms with Crippen LogP contribution in [-0.2, 0) is 9.84 Å². The fourth-order valence-electron chi connectivity index (χ4n) is 3.00. The average Bonchev–Trinajstić information content (AvgIpc) is 3.10. The molecule has 1 atom stereocenters. The third-order valence-corrected chi connectivity index (χ3v) is 6.07. The Morgan fingerprint density at radius 1 is 1.38 bits per heavy atom. The number of nitrogens with zero attached hydrogens (tertiary/aromatic N) is 3. The van der Waals surface area contributed by atoms with Crippen molar-refractivity contribution in [3.05, 3.63) is 30.1 Å². The van der Waals surface area contributed by atoms with Gasteiger partial charge in [0.05, 0.1) is 22.5 Å². The van der Waals surface area contributed by atoms with Gasteiger partial charge in [-0.3, -0.25) is 9.78 Å². The number of hydrogen-bond donors (Lipinski definition) is 1. The zero-order valence-electron chi connectivity index (χ0n) is 13.9. The lowest BCUT2D eigenvalue weighted by atomic mass is 10.2. The molecule has 0 saturated carbocycles. The van der Waals surface area contributed by atoms with Gasteiger partial charge in [-0.25, -0.2) is 8.42 Å². The van der Waals surface area contributed by atoms with Gasteiger partial charge in [-0.05, 0) is 38.7 Å². The van der Waals surface area contributed by atoms with Gasteiger partial charge in [0.15, 0.2) is 9.84 Å². The monoisotopic (exact) mass is 350 g/mol. The molecule has 1 aliphatic heterocycles. The number of rotatable bonds is 5. The smallest absolute Gasteiger partial charge is 0.270 e. The lowest BCUT2D eigenvalue weighted by Gasteiger charge is -2.29. The standard InChI is InChI=1S/C16H22N4O3S/c1-19(2)7-8-20(12-5-9-24(22,23)11-12)16(21)15-10-14-13(18-15)4-3-6-17-14/h3-4,6,10,12,18H,5,7-9,11H2,1-2H3. The van der Waals surface area contributed by atoms with Crippen molar-refractivity contribution < 1.29 is 13.2 Å². The number of pyridine rings is 1. The maximum absolute atomic E-state index is 13.0. The van der Waals surface area contributed by atoms with Crippen LogP contribution in [0.3, 0.4) is 0 Å². The second-order valence-corrected chi connectivity index (χ2v) is 8.71. The molecule has 3 heterocycles. The molecule has 1 saturated heterocycles. The Balaban J connectivity index is 1.87. The van der Waals surface area contributed by atoms with E-state index in [-0.39, 0.29) is 23.5 Å². The number of aromatic amines is 1. The van der Waals surface area contributed by atoms with Crippen LogP contribution < -0.4 is 0 Å². The van der Waals surface area contributed by atoms with Gasteiger partial charge in [-0.15, -0.1) is 0 Å². The molecule has 1 amide bonds. The zero-order chi connectivity index (χ0) is 17.3. The van der Waals surface area contributed by atoms with Crippen molar-refractivity contribution in [3.8, 4) is 0 Å². The normalized spacial score (nSPS) is 19.9. The first-order chi connectivity index (χ1) is 11.4. The van der Waals surface area contributed by atoms with Crippen molar-refractivity contribution >= 4 is 26.8 Å². The van der Waals surface area contributed by atoms with Gasteiger partial charge in [0.25, 0.3) is 5.91 Å². The van der Waals surface area contributed by atoms with E-state index in [0.29, 0.717) is 25.2 Å². The summed E-state index contributed by atoms with van der Waals surface area (Å²) < 4.78 is 23.6. The Labute approximate surface area is 141 Å². The molecule has 1 fully saturated rings. The topological polar surface area (TPSA) is 86.4 Å². The molecule has 24 heavy (non-hydrogen) atoms. The van der Waals surface area contributed by atoms with Crippen LogP contribution >= 0.6 is 0 Å². The molecule has 0 radical (unpaired) electrons. The molecule has 1 N–H and O–H groups in total. The van der Waals surface area contributed by atoms with Crippen molar-refractivity contribution in [2.45, 2.75) is 12.5 Å². The molecule has 3 rings (SSSR count). The first kappa shape index (κ1) is 16.9. The number of aromatic nitrogens is 2. The van der Waals surface area contributed by atoms with Crippen molar-refractivity contribution in [2.75, 3.05) is 38.7 Å². The number of likely N-dealkylation sites (N-methyl/N-ethyl adjacent to an activating group) is 1. The lowest BCUT2D eigenvalue weighted by molar-refractivity contribution is 0.0678. The molecule has 2 aromatic rings. The Kier molecular flexibility index (Phi) is 4.60. The predicted octanol–water partition coefficient (Wildman–Crippen LogP) is 0.754. The highest BCUT2D eigenvalue weighted by atomic mass is 32.2. The van der Waals surface area contributed by atoms with E-state index in [4.69, 9.17) is 0 Å². The minimum absolute atomic E-state index is 0.0463. The van der Waals surface area contributed by atoms with Gasteiger partial charge < -0.3 is 14.8 Å². The Hall–Kier alpha value is -1.93. The Morgan fingerprint density at radius 3 is 2.79 bits per heavy atom. The quantitative estimate of drug-likeness (QED) is 0.860. The number of fused-ring (bicyclic) bond motifs is 1. The summed E-state index contributed by atoms with van der Waals surface area (Å²) in [6.45, 7) is 1.18. The van der Waals surface area contributed by atoms with Gasteiger partial charge in [-0.1, -0.05) is 0 Å². The molecule has 7 nitrogen and oxygen atoms in total. The van der Waals surface area contributed by atoms with Crippen LogP contribution in [0.1, 0.15) is 16.9 Å². The van der Waals surface area contributed by atoms with Crippen LogP contribution in [0.4, 0.5) is 0 Å². The minimum Gasteiger partial charge on any atom is -0.349 e. The van der Waals surface area contributed by atoms with E-state index in [1.165, 1.54) is 0 Å². The summed E-state index contributed by atoms with van der Waals surface area (Å²) in [6, 6.07) is 5.13. The highest BCUT2D eigenvalue weighted by molar-refractivity contribution is 7.91. The summed E-state index contributed by atoms with van der Waals surface area (Å²) in [4.78, 5) is 24.0. The van der Waals surface area contributed by atoms with Crippen molar-refractivity contribution in [1.29, 1.82) is 0 Å². The molecule has 2 aromatic heterocycles. The maximum Gasteiger partial charge on any atom is 0.270 e. The molecular weight excluding hydrogens is 328 g/mol. The summed E-state index contributed by atoms with van der Waals surface area (Å²) in [5, 5.41) is 0. The third kappa shape index (κ3) is 3.59. The fourth-order valence-corrected chi connectivity index (χ4v) is 4.74. The molecule has 8 heteroatoms. The van der Waals surface area contributed by atoms with E-state index in [2.05, 4.69) is 9.97 Å². The van der Waals surface area contributed by atoms with E-state index in [9.17, 15) is 13.2 Å². The van der Waals surface area contributed by atoms with Crippen molar-refractivity contribution in [1.82, 2.24) is 19.8 Å². The predicted molar refractivity (Wildman–Crippen MR) is 92.7 cm³/mol. The van der Waals surface area contributed by atoms with Crippen LogP contribution in [0.25, 0.3) is 11.0 Å². The second-order valence-electron chi connectivity index (χ2n) is 6.48. The first-order valence-electron chi connectivity index (χ1n) is 7.95. The van der Waals surface area contributed by atoms with Crippen molar-refractivity contribution in [2.24, 2.45) is 0 Å². The van der Waals surface area contributed by atoms with Crippen LogP contribution in [0, 0.1) is 0 Å². The van der Waals surface area contributed by atoms with Gasteiger partial charge >= 0.3 is 0 Å². The van der Waals surface area contributed by atoms with E-state index in [1.807, 2.05) is 25.1 Å². The highest BCUT2D eigenvalue weighted by Gasteiger charge is 2.35. The van der Waals surface area contributed by atoms with Gasteiger partial charge in [0.2, 0.25) is 0 Å². The van der Waals surface area contributed by atoms with Gasteiger partial charge in [0.1, 0.15) is 5.69 Å². The SMILES string of the molecule is CN(C)CCN(C(=O)c1cc2ncccc2[nH]1)C1CCS(=O)(=O)C1. The molecular formula is C16H22N4O3S. The van der Waals surface area contributed by atoms with Crippen LogP contribution in [0.2, 0.25) is 0 Å². The second kappa shape index (κ2) is 6.52. The van der Waals surface area contributed by atoms with E-state index >= 15 is 0 Å². The molecule has 1 unspecified atom stereocenters. The summed E-state index contributed by atoms with van der Waals surface area (Å²) in [7, 11) is 0.813. The number of H-pyrrole nitrogens is 1. The number of amides is 1. The maximum atomic E-state index is 13.0. The Bertz CT molecular complexity index is 811. The molecule has 0 bridgehead atoms. The third-order valence-electron chi connectivity index (χ3n) is 4.32. The fraction of sp³-hybridized carbons (Fsp3) is 0.500. The molecule has 0 aromatic carbocycles. The highest BCUT2D eigenvalue weighted by Crippen LogP contribution is 2.21.